The third kappa shape index (κ3) is 6.02. The van der Waals surface area contributed by atoms with Gasteiger partial charge in [-0.15, -0.1) is 0 Å². The van der Waals surface area contributed by atoms with E-state index in [1.54, 1.807) is 0 Å². The summed E-state index contributed by atoms with van der Waals surface area (Å²) in [5.74, 6) is -3.18. The zero-order chi connectivity index (χ0) is 10.6. The maximum Gasteiger partial charge on any atom is 0.334 e. The molecule has 76 valence electrons. The Morgan fingerprint density at radius 1 is 1.31 bits per heavy atom. The minimum atomic E-state index is -4.71. The molecule has 0 saturated carbocycles. The predicted octanol–water partition coefficient (Wildman–Crippen LogP) is -1.69. The topological polar surface area (TPSA) is 141 Å². The van der Waals surface area contributed by atoms with Crippen LogP contribution in [0.2, 0.25) is 0 Å². The minimum absolute atomic E-state index is 0.949. The average Bonchev–Trinajstić information content (AvgIpc) is 1.81. The highest BCUT2D eigenvalue weighted by molar-refractivity contribution is 7.83. The Morgan fingerprint density at radius 2 is 1.77 bits per heavy atom. The number of hydrogen-bond donors (Lipinski definition) is 4. The van der Waals surface area contributed by atoms with Crippen molar-refractivity contribution in [2.75, 3.05) is 0 Å². The molecular formula is C4H7NO7S. The molecule has 0 bridgehead atoms. The van der Waals surface area contributed by atoms with E-state index in [0.29, 0.717) is 0 Å². The number of carboxylic acid groups (broad SMARTS) is 2. The summed E-state index contributed by atoms with van der Waals surface area (Å²) in [5, 5.41) is 16.4. The van der Waals surface area contributed by atoms with Gasteiger partial charge in [0.05, 0.1) is 6.42 Å². The third-order valence-corrected chi connectivity index (χ3v) is 1.55. The van der Waals surface area contributed by atoms with Crippen LogP contribution in [0.1, 0.15) is 6.42 Å². The van der Waals surface area contributed by atoms with Crippen LogP contribution in [-0.4, -0.2) is 41.2 Å². The van der Waals surface area contributed by atoms with Crippen LogP contribution in [0, 0.1) is 0 Å². The lowest BCUT2D eigenvalue weighted by Gasteiger charge is -2.08. The van der Waals surface area contributed by atoms with Crippen molar-refractivity contribution in [3.63, 3.8) is 0 Å². The third-order valence-electron chi connectivity index (χ3n) is 0.968. The number of rotatable bonds is 5. The molecule has 0 aliphatic heterocycles. The first-order valence-electron chi connectivity index (χ1n) is 2.91. The van der Waals surface area contributed by atoms with Crippen molar-refractivity contribution in [3.05, 3.63) is 0 Å². The first-order valence-corrected chi connectivity index (χ1v) is 4.35. The standard InChI is InChI=1S/C4H7NO7S/c6-3(7)1-2(4(8)9)5-13(10,11)12/h2,5H,1H2,(H,6,7)(H,8,9)(H,10,11,12)/t2-/m1/s1. The predicted molar refractivity (Wildman–Crippen MR) is 38.4 cm³/mol. The van der Waals surface area contributed by atoms with Crippen LogP contribution < -0.4 is 4.72 Å². The van der Waals surface area contributed by atoms with E-state index < -0.39 is 34.7 Å². The first kappa shape index (κ1) is 11.8. The highest BCUT2D eigenvalue weighted by Crippen LogP contribution is 1.94. The molecule has 0 rings (SSSR count). The lowest BCUT2D eigenvalue weighted by Crippen LogP contribution is -2.41. The molecule has 0 saturated heterocycles. The van der Waals surface area contributed by atoms with Gasteiger partial charge in [-0.2, -0.15) is 13.1 Å². The van der Waals surface area contributed by atoms with E-state index in [1.807, 2.05) is 0 Å². The molecule has 0 spiro atoms. The van der Waals surface area contributed by atoms with Crippen molar-refractivity contribution in [2.24, 2.45) is 0 Å². The second kappa shape index (κ2) is 4.16. The van der Waals surface area contributed by atoms with Gasteiger partial charge in [0.25, 0.3) is 0 Å². The second-order valence-corrected chi connectivity index (χ2v) is 3.27. The van der Waals surface area contributed by atoms with E-state index in [4.69, 9.17) is 14.8 Å². The van der Waals surface area contributed by atoms with Crippen molar-refractivity contribution < 1.29 is 32.8 Å². The molecule has 0 aromatic carbocycles. The Hall–Kier alpha value is -1.19. The smallest absolute Gasteiger partial charge is 0.334 e. The number of carbonyl (C=O) groups is 2. The average molecular weight is 213 g/mol. The van der Waals surface area contributed by atoms with Crippen molar-refractivity contribution in [1.29, 1.82) is 0 Å². The molecule has 0 radical (unpaired) electrons. The maximum atomic E-state index is 10.2. The highest BCUT2D eigenvalue weighted by atomic mass is 32.2. The van der Waals surface area contributed by atoms with Crippen LogP contribution in [0.3, 0.4) is 0 Å². The summed E-state index contributed by atoms with van der Waals surface area (Å²) < 4.78 is 29.6. The van der Waals surface area contributed by atoms with Crippen LogP contribution in [0.5, 0.6) is 0 Å². The van der Waals surface area contributed by atoms with Gasteiger partial charge in [-0.3, -0.25) is 14.1 Å². The molecular weight excluding hydrogens is 206 g/mol. The molecule has 13 heavy (non-hydrogen) atoms. The summed E-state index contributed by atoms with van der Waals surface area (Å²) in [6.07, 6.45) is -0.949. The molecule has 1 atom stereocenters. The number of nitrogens with one attached hydrogen (secondary N) is 1. The molecule has 0 aliphatic carbocycles. The van der Waals surface area contributed by atoms with Gasteiger partial charge in [0, 0.05) is 0 Å². The molecule has 0 amide bonds. The largest absolute Gasteiger partial charge is 0.481 e. The Labute approximate surface area is 73.1 Å². The Balaban J connectivity index is 4.45. The molecule has 0 fully saturated rings. The fraction of sp³-hybridized carbons (Fsp3) is 0.500. The molecule has 0 aliphatic rings. The Kier molecular flexibility index (Phi) is 3.78. The first-order chi connectivity index (χ1) is 5.72. The lowest BCUT2D eigenvalue weighted by atomic mass is 10.2. The van der Waals surface area contributed by atoms with Gasteiger partial charge in [0.1, 0.15) is 6.04 Å². The summed E-state index contributed by atoms with van der Waals surface area (Å²) in [5.41, 5.74) is 0. The van der Waals surface area contributed by atoms with Crippen LogP contribution >= 0.6 is 0 Å². The fourth-order valence-electron chi connectivity index (χ4n) is 0.534. The van der Waals surface area contributed by atoms with Gasteiger partial charge in [0.15, 0.2) is 0 Å². The zero-order valence-electron chi connectivity index (χ0n) is 6.17. The molecule has 4 N–H and O–H groups in total. The Bertz CT molecular complexity index is 306. The number of aliphatic carboxylic acids is 2. The van der Waals surface area contributed by atoms with E-state index >= 15 is 0 Å². The van der Waals surface area contributed by atoms with Crippen LogP contribution in [0.15, 0.2) is 0 Å². The molecule has 0 aromatic rings. The van der Waals surface area contributed by atoms with E-state index in [2.05, 4.69) is 0 Å². The summed E-state index contributed by atoms with van der Waals surface area (Å²) in [6, 6.07) is -1.87. The summed E-state index contributed by atoms with van der Waals surface area (Å²) in [4.78, 5) is 20.2. The number of carboxylic acids is 2. The molecule has 0 heterocycles. The second-order valence-electron chi connectivity index (χ2n) is 2.08. The SMILES string of the molecule is O=C(O)C[C@@H](NS(=O)(=O)O)C(=O)O. The Morgan fingerprint density at radius 3 is 2.00 bits per heavy atom. The lowest BCUT2D eigenvalue weighted by molar-refractivity contribution is -0.145. The minimum Gasteiger partial charge on any atom is -0.481 e. The summed E-state index contributed by atoms with van der Waals surface area (Å²) >= 11 is 0. The van der Waals surface area contributed by atoms with E-state index in [9.17, 15) is 18.0 Å². The fourth-order valence-corrected chi connectivity index (χ4v) is 1.08. The maximum absolute atomic E-state index is 10.2. The monoisotopic (exact) mass is 213 g/mol. The van der Waals surface area contributed by atoms with Gasteiger partial charge < -0.3 is 10.2 Å². The van der Waals surface area contributed by atoms with Gasteiger partial charge in [-0.1, -0.05) is 0 Å². The van der Waals surface area contributed by atoms with Gasteiger partial charge >= 0.3 is 22.2 Å². The number of hydrogen-bond acceptors (Lipinski definition) is 4. The zero-order valence-corrected chi connectivity index (χ0v) is 6.98. The van der Waals surface area contributed by atoms with Crippen molar-refractivity contribution in [3.8, 4) is 0 Å². The van der Waals surface area contributed by atoms with Crippen LogP contribution in [-0.2, 0) is 19.9 Å². The van der Waals surface area contributed by atoms with E-state index in [-0.39, 0.29) is 0 Å². The quantitative estimate of drug-likeness (QED) is 0.399. The van der Waals surface area contributed by atoms with E-state index in [1.165, 1.54) is 4.72 Å². The van der Waals surface area contributed by atoms with Gasteiger partial charge in [-0.25, -0.2) is 0 Å². The molecule has 8 nitrogen and oxygen atoms in total. The van der Waals surface area contributed by atoms with Crippen LogP contribution in [0.4, 0.5) is 0 Å². The van der Waals surface area contributed by atoms with Gasteiger partial charge in [0.2, 0.25) is 0 Å². The summed E-state index contributed by atoms with van der Waals surface area (Å²) in [6.45, 7) is 0. The molecule has 0 unspecified atom stereocenters. The molecule has 9 heteroatoms. The van der Waals surface area contributed by atoms with Crippen molar-refractivity contribution in [2.45, 2.75) is 12.5 Å². The van der Waals surface area contributed by atoms with Crippen LogP contribution in [0.25, 0.3) is 0 Å². The van der Waals surface area contributed by atoms with Crippen molar-refractivity contribution >= 4 is 22.2 Å². The van der Waals surface area contributed by atoms with Crippen molar-refractivity contribution in [1.82, 2.24) is 4.72 Å². The molecule has 0 aromatic heterocycles. The van der Waals surface area contributed by atoms with Gasteiger partial charge in [-0.05, 0) is 0 Å². The highest BCUT2D eigenvalue weighted by Gasteiger charge is 2.24. The summed E-state index contributed by atoms with van der Waals surface area (Å²) in [7, 11) is -4.71. The normalized spacial score (nSPS) is 13.6. The van der Waals surface area contributed by atoms with E-state index in [0.717, 1.165) is 0 Å².